The molecule has 0 aliphatic heterocycles. The zero-order valence-corrected chi connectivity index (χ0v) is 10.7. The van der Waals surface area contributed by atoms with Gasteiger partial charge < -0.3 is 5.73 Å². The number of aliphatic imine (C=N–C) groups is 1. The third-order valence-electron chi connectivity index (χ3n) is 2.63. The van der Waals surface area contributed by atoms with Gasteiger partial charge in [0.25, 0.3) is 0 Å². The highest BCUT2D eigenvalue weighted by Gasteiger charge is 2.02. The summed E-state index contributed by atoms with van der Waals surface area (Å²) >= 11 is 3.14. The highest BCUT2D eigenvalue weighted by atomic mass is 79.9. The Hall–Kier alpha value is -1.35. The lowest BCUT2D eigenvalue weighted by Crippen LogP contribution is -2.01. The molecule has 0 aromatic heterocycles. The van der Waals surface area contributed by atoms with Gasteiger partial charge in [-0.05, 0) is 44.8 Å². The molecule has 0 aliphatic carbocycles. The van der Waals surface area contributed by atoms with Crippen LogP contribution in [0.5, 0.6) is 0 Å². The summed E-state index contributed by atoms with van der Waals surface area (Å²) in [6.07, 6.45) is 0. The molecule has 0 saturated heterocycles. The van der Waals surface area contributed by atoms with Crippen molar-refractivity contribution in [2.45, 2.75) is 13.5 Å². The Labute approximate surface area is 103 Å². The molecule has 82 valence electrons. The predicted molar refractivity (Wildman–Crippen MR) is 72.9 cm³/mol. The molecule has 0 fully saturated rings. The summed E-state index contributed by atoms with van der Waals surface area (Å²) in [4.78, 5) is 4.19. The van der Waals surface area contributed by atoms with Crippen molar-refractivity contribution in [3.05, 3.63) is 47.5 Å². The standard InChI is InChI=1S/C13H13BrN2/c1-9-6-7-10(8-16-13(14)15)12-5-3-2-4-11(9)12/h2-7H,8H2,1H3,(H2,15,16). The Balaban J connectivity index is 2.54. The maximum Gasteiger partial charge on any atom is 0.163 e. The Morgan fingerprint density at radius 2 is 1.88 bits per heavy atom. The number of hydrogen-bond donors (Lipinski definition) is 1. The van der Waals surface area contributed by atoms with E-state index in [-0.39, 0.29) is 0 Å². The minimum atomic E-state index is 0.442. The van der Waals surface area contributed by atoms with E-state index in [4.69, 9.17) is 5.73 Å². The smallest absolute Gasteiger partial charge is 0.163 e. The van der Waals surface area contributed by atoms with Crippen molar-refractivity contribution in [2.24, 2.45) is 10.7 Å². The van der Waals surface area contributed by atoms with Gasteiger partial charge in [-0.3, -0.25) is 4.99 Å². The van der Waals surface area contributed by atoms with Crippen molar-refractivity contribution < 1.29 is 0 Å². The molecule has 2 aromatic carbocycles. The number of halogens is 1. The summed E-state index contributed by atoms with van der Waals surface area (Å²) in [7, 11) is 0. The number of nitrogens with two attached hydrogens (primary N) is 1. The second kappa shape index (κ2) is 4.66. The monoisotopic (exact) mass is 276 g/mol. The fourth-order valence-electron chi connectivity index (χ4n) is 1.81. The number of fused-ring (bicyclic) bond motifs is 1. The SMILES string of the molecule is Cc1ccc(CN=C(N)Br)c2ccccc12. The van der Waals surface area contributed by atoms with Gasteiger partial charge in [0, 0.05) is 0 Å². The quantitative estimate of drug-likeness (QED) is 0.510. The lowest BCUT2D eigenvalue weighted by Gasteiger charge is -2.06. The molecule has 2 rings (SSSR count). The summed E-state index contributed by atoms with van der Waals surface area (Å²) in [5, 5.41) is 2.53. The van der Waals surface area contributed by atoms with Gasteiger partial charge >= 0.3 is 0 Å². The molecule has 2 nitrogen and oxygen atoms in total. The van der Waals surface area contributed by atoms with Crippen LogP contribution < -0.4 is 5.73 Å². The van der Waals surface area contributed by atoms with Gasteiger partial charge in [0.1, 0.15) is 0 Å². The van der Waals surface area contributed by atoms with Crippen molar-refractivity contribution in [1.82, 2.24) is 0 Å². The van der Waals surface area contributed by atoms with Crippen molar-refractivity contribution in [2.75, 3.05) is 0 Å². The van der Waals surface area contributed by atoms with E-state index < -0.39 is 0 Å². The van der Waals surface area contributed by atoms with Crippen LogP contribution in [-0.2, 0) is 6.54 Å². The van der Waals surface area contributed by atoms with Crippen LogP contribution in [0.2, 0.25) is 0 Å². The highest BCUT2D eigenvalue weighted by molar-refractivity contribution is 9.18. The largest absolute Gasteiger partial charge is 0.378 e. The second-order valence-electron chi connectivity index (χ2n) is 3.73. The molecule has 0 aliphatic rings. The van der Waals surface area contributed by atoms with Crippen molar-refractivity contribution in [3.8, 4) is 0 Å². The van der Waals surface area contributed by atoms with E-state index >= 15 is 0 Å². The lowest BCUT2D eigenvalue weighted by atomic mass is 10.0. The van der Waals surface area contributed by atoms with Crippen LogP contribution in [0.15, 0.2) is 41.4 Å². The number of amidine groups is 1. The first kappa shape index (κ1) is 11.1. The first-order valence-corrected chi connectivity index (χ1v) is 5.90. The third-order valence-corrected chi connectivity index (χ3v) is 2.88. The molecule has 0 saturated carbocycles. The molecule has 3 heteroatoms. The summed E-state index contributed by atoms with van der Waals surface area (Å²) < 4.78 is 0.442. The molecule has 16 heavy (non-hydrogen) atoms. The average molecular weight is 277 g/mol. The fourth-order valence-corrected chi connectivity index (χ4v) is 1.94. The predicted octanol–water partition coefficient (Wildman–Crippen LogP) is 3.36. The molecule has 0 atom stereocenters. The molecular weight excluding hydrogens is 264 g/mol. The van der Waals surface area contributed by atoms with Gasteiger partial charge in [-0.25, -0.2) is 0 Å². The van der Waals surface area contributed by atoms with Gasteiger partial charge in [-0.1, -0.05) is 36.4 Å². The molecule has 0 bridgehead atoms. The lowest BCUT2D eigenvalue weighted by molar-refractivity contribution is 1.08. The summed E-state index contributed by atoms with van der Waals surface area (Å²) in [5.41, 5.74) is 7.97. The molecule has 2 aromatic rings. The van der Waals surface area contributed by atoms with Gasteiger partial charge in [0.15, 0.2) is 4.74 Å². The third kappa shape index (κ3) is 2.25. The maximum absolute atomic E-state index is 5.48. The van der Waals surface area contributed by atoms with Crippen molar-refractivity contribution in [1.29, 1.82) is 0 Å². The molecule has 0 unspecified atom stereocenters. The molecular formula is C13H13BrN2. The summed E-state index contributed by atoms with van der Waals surface area (Å²) in [6.45, 7) is 2.73. The van der Waals surface area contributed by atoms with Gasteiger partial charge in [0.05, 0.1) is 6.54 Å². The van der Waals surface area contributed by atoms with Crippen LogP contribution in [0.4, 0.5) is 0 Å². The van der Waals surface area contributed by atoms with Crippen molar-refractivity contribution >= 4 is 31.4 Å². The Morgan fingerprint density at radius 1 is 1.19 bits per heavy atom. The van der Waals surface area contributed by atoms with Gasteiger partial charge in [-0.15, -0.1) is 0 Å². The fraction of sp³-hybridized carbons (Fsp3) is 0.154. The number of hydrogen-bond acceptors (Lipinski definition) is 1. The molecule has 0 heterocycles. The minimum Gasteiger partial charge on any atom is -0.378 e. The highest BCUT2D eigenvalue weighted by Crippen LogP contribution is 2.22. The van der Waals surface area contributed by atoms with Crippen molar-refractivity contribution in [3.63, 3.8) is 0 Å². The number of nitrogens with zero attached hydrogens (tertiary/aromatic N) is 1. The zero-order valence-electron chi connectivity index (χ0n) is 9.07. The van der Waals surface area contributed by atoms with E-state index in [0.29, 0.717) is 11.3 Å². The number of benzene rings is 2. The Kier molecular flexibility index (Phi) is 3.25. The topological polar surface area (TPSA) is 38.4 Å². The zero-order chi connectivity index (χ0) is 11.5. The number of rotatable bonds is 2. The molecule has 0 spiro atoms. The van der Waals surface area contributed by atoms with E-state index in [9.17, 15) is 0 Å². The molecule has 2 N–H and O–H groups in total. The van der Waals surface area contributed by atoms with E-state index in [0.717, 1.165) is 0 Å². The second-order valence-corrected chi connectivity index (χ2v) is 4.54. The number of aryl methyl sites for hydroxylation is 1. The minimum absolute atomic E-state index is 0.442. The van der Waals surface area contributed by atoms with Gasteiger partial charge in [-0.2, -0.15) is 0 Å². The first-order valence-electron chi connectivity index (χ1n) is 5.11. The van der Waals surface area contributed by atoms with Crippen LogP contribution in [-0.4, -0.2) is 4.74 Å². The maximum atomic E-state index is 5.48. The first-order chi connectivity index (χ1) is 7.68. The normalized spacial score (nSPS) is 12.0. The van der Waals surface area contributed by atoms with E-state index in [1.165, 1.54) is 21.9 Å². The van der Waals surface area contributed by atoms with Crippen LogP contribution in [0.1, 0.15) is 11.1 Å². The van der Waals surface area contributed by atoms with Crippen LogP contribution in [0.25, 0.3) is 10.8 Å². The average Bonchev–Trinajstić information content (AvgIpc) is 2.28. The summed E-state index contributed by atoms with van der Waals surface area (Å²) in [5.74, 6) is 0. The molecule has 0 radical (unpaired) electrons. The van der Waals surface area contributed by atoms with E-state index in [2.05, 4.69) is 58.2 Å². The summed E-state index contributed by atoms with van der Waals surface area (Å²) in [6, 6.07) is 12.6. The van der Waals surface area contributed by atoms with Gasteiger partial charge in [0.2, 0.25) is 0 Å². The Bertz CT molecular complexity index is 543. The van der Waals surface area contributed by atoms with E-state index in [1.807, 2.05) is 6.07 Å². The van der Waals surface area contributed by atoms with Crippen LogP contribution in [0.3, 0.4) is 0 Å². The molecule has 0 amide bonds. The van der Waals surface area contributed by atoms with Crippen LogP contribution >= 0.6 is 15.9 Å². The Morgan fingerprint density at radius 3 is 2.56 bits per heavy atom. The van der Waals surface area contributed by atoms with Crippen LogP contribution in [0, 0.1) is 6.92 Å². The van der Waals surface area contributed by atoms with E-state index in [1.54, 1.807) is 0 Å².